The van der Waals surface area contributed by atoms with Crippen LogP contribution in [0.5, 0.6) is 0 Å². The van der Waals surface area contributed by atoms with Gasteiger partial charge in [0.1, 0.15) is 0 Å². The normalized spacial score (nSPS) is 23.2. The molecular weight excluding hydrogens is 238 g/mol. The van der Waals surface area contributed by atoms with Crippen molar-refractivity contribution in [1.82, 2.24) is 0 Å². The Kier molecular flexibility index (Phi) is 3.06. The number of carbonyl (C=O) groups is 2. The highest BCUT2D eigenvalue weighted by Gasteiger charge is 2.54. The number of aliphatic hydroxyl groups excluding tert-OH is 1. The number of ether oxygens (including phenoxy) is 1. The summed E-state index contributed by atoms with van der Waals surface area (Å²) < 4.78 is 4.62. The van der Waals surface area contributed by atoms with Crippen LogP contribution in [0.1, 0.15) is 12.5 Å². The fourth-order valence-corrected chi connectivity index (χ4v) is 1.93. The second-order valence-corrected chi connectivity index (χ2v) is 3.92. The van der Waals surface area contributed by atoms with Gasteiger partial charge in [0.2, 0.25) is 5.60 Å². The van der Waals surface area contributed by atoms with Gasteiger partial charge in [-0.05, 0) is 13.0 Å². The third-order valence-corrected chi connectivity index (χ3v) is 2.84. The number of aliphatic hydroxyl groups is 2. The van der Waals surface area contributed by atoms with Crippen LogP contribution in [0.15, 0.2) is 24.3 Å². The van der Waals surface area contributed by atoms with Gasteiger partial charge < -0.3 is 20.3 Å². The topological polar surface area (TPSA) is 95.9 Å². The highest BCUT2D eigenvalue weighted by molar-refractivity contribution is 6.07. The van der Waals surface area contributed by atoms with E-state index in [1.165, 1.54) is 6.07 Å². The van der Waals surface area contributed by atoms with Crippen LogP contribution >= 0.6 is 0 Å². The average Bonchev–Trinajstić information content (AvgIpc) is 2.62. The van der Waals surface area contributed by atoms with Gasteiger partial charge in [0.15, 0.2) is 6.10 Å². The standard InChI is InChI=1S/C12H13NO5/c1-2-18-10(15)9(14)12(17)7-5-3-4-6-8(7)13-11(12)16/h3-6,9,14,17H,2H2,1H3,(H,13,16)/t9-,12+/m1/s1. The Bertz CT molecular complexity index is 501. The molecule has 1 aliphatic heterocycles. The van der Waals surface area contributed by atoms with Gasteiger partial charge in [-0.25, -0.2) is 4.79 Å². The summed E-state index contributed by atoms with van der Waals surface area (Å²) in [6.07, 6.45) is -1.96. The van der Waals surface area contributed by atoms with E-state index in [4.69, 9.17) is 0 Å². The first-order valence-electron chi connectivity index (χ1n) is 5.49. The molecule has 1 aromatic rings. The smallest absolute Gasteiger partial charge is 0.338 e. The molecule has 1 aliphatic rings. The van der Waals surface area contributed by atoms with Crippen LogP contribution in [-0.2, 0) is 19.9 Å². The van der Waals surface area contributed by atoms with Crippen molar-refractivity contribution in [2.24, 2.45) is 0 Å². The third-order valence-electron chi connectivity index (χ3n) is 2.84. The van der Waals surface area contributed by atoms with Crippen molar-refractivity contribution >= 4 is 17.6 Å². The number of rotatable bonds is 3. The van der Waals surface area contributed by atoms with Gasteiger partial charge in [-0.3, -0.25) is 4.79 Å². The molecule has 96 valence electrons. The van der Waals surface area contributed by atoms with Gasteiger partial charge in [0, 0.05) is 11.3 Å². The maximum atomic E-state index is 11.8. The number of esters is 1. The van der Waals surface area contributed by atoms with Crippen molar-refractivity contribution in [3.05, 3.63) is 29.8 Å². The number of anilines is 1. The maximum absolute atomic E-state index is 11.8. The predicted octanol–water partition coefficient (Wildman–Crippen LogP) is -0.250. The molecule has 0 radical (unpaired) electrons. The number of carbonyl (C=O) groups excluding carboxylic acids is 2. The van der Waals surface area contributed by atoms with Crippen molar-refractivity contribution in [2.45, 2.75) is 18.6 Å². The van der Waals surface area contributed by atoms with Gasteiger partial charge in [0.25, 0.3) is 5.91 Å². The van der Waals surface area contributed by atoms with Crippen molar-refractivity contribution < 1.29 is 24.5 Å². The van der Waals surface area contributed by atoms with Crippen LogP contribution in [0.4, 0.5) is 5.69 Å². The first kappa shape index (κ1) is 12.5. The second-order valence-electron chi connectivity index (χ2n) is 3.92. The molecule has 0 unspecified atom stereocenters. The lowest BCUT2D eigenvalue weighted by Crippen LogP contribution is -2.50. The third kappa shape index (κ3) is 1.66. The Hall–Kier alpha value is -1.92. The average molecular weight is 251 g/mol. The Morgan fingerprint density at radius 2 is 2.17 bits per heavy atom. The number of fused-ring (bicyclic) bond motifs is 1. The summed E-state index contributed by atoms with van der Waals surface area (Å²) in [5, 5.41) is 22.6. The molecule has 0 aromatic heterocycles. The molecule has 0 saturated heterocycles. The first-order valence-corrected chi connectivity index (χ1v) is 5.49. The lowest BCUT2D eigenvalue weighted by atomic mass is 9.89. The highest BCUT2D eigenvalue weighted by Crippen LogP contribution is 2.38. The van der Waals surface area contributed by atoms with E-state index in [9.17, 15) is 19.8 Å². The Morgan fingerprint density at radius 3 is 2.83 bits per heavy atom. The first-order chi connectivity index (χ1) is 8.51. The van der Waals surface area contributed by atoms with E-state index in [1.54, 1.807) is 25.1 Å². The van der Waals surface area contributed by atoms with Crippen LogP contribution in [-0.4, -0.2) is 34.8 Å². The number of nitrogens with one attached hydrogen (secondary N) is 1. The fourth-order valence-electron chi connectivity index (χ4n) is 1.93. The van der Waals surface area contributed by atoms with E-state index in [0.29, 0.717) is 5.69 Å². The lowest BCUT2D eigenvalue weighted by Gasteiger charge is -2.25. The Balaban J connectivity index is 2.41. The van der Waals surface area contributed by atoms with Gasteiger partial charge in [-0.2, -0.15) is 0 Å². The summed E-state index contributed by atoms with van der Waals surface area (Å²) in [7, 11) is 0. The minimum atomic E-state index is -2.30. The van der Waals surface area contributed by atoms with Crippen LogP contribution in [0.3, 0.4) is 0 Å². The molecular formula is C12H13NO5. The molecule has 6 nitrogen and oxygen atoms in total. The van der Waals surface area contributed by atoms with Gasteiger partial charge in [-0.1, -0.05) is 18.2 Å². The number of amides is 1. The Labute approximate surface area is 103 Å². The largest absolute Gasteiger partial charge is 0.464 e. The predicted molar refractivity (Wildman–Crippen MR) is 61.6 cm³/mol. The molecule has 0 spiro atoms. The zero-order valence-corrected chi connectivity index (χ0v) is 9.71. The monoisotopic (exact) mass is 251 g/mol. The summed E-state index contributed by atoms with van der Waals surface area (Å²) >= 11 is 0. The van der Waals surface area contributed by atoms with Crippen molar-refractivity contribution in [2.75, 3.05) is 11.9 Å². The lowest BCUT2D eigenvalue weighted by molar-refractivity contribution is -0.174. The quantitative estimate of drug-likeness (QED) is 0.644. The molecule has 2 rings (SSSR count). The van der Waals surface area contributed by atoms with Crippen molar-refractivity contribution in [3.8, 4) is 0 Å². The molecule has 2 atom stereocenters. The minimum absolute atomic E-state index is 0.0508. The summed E-state index contributed by atoms with van der Waals surface area (Å²) in [6, 6.07) is 6.31. The van der Waals surface area contributed by atoms with E-state index in [2.05, 4.69) is 10.1 Å². The summed E-state index contributed by atoms with van der Waals surface area (Å²) in [5.41, 5.74) is -1.77. The van der Waals surface area contributed by atoms with Gasteiger partial charge in [0.05, 0.1) is 6.61 Å². The van der Waals surface area contributed by atoms with Gasteiger partial charge in [-0.15, -0.1) is 0 Å². The van der Waals surface area contributed by atoms with E-state index >= 15 is 0 Å². The number of benzene rings is 1. The molecule has 1 aromatic carbocycles. The van der Waals surface area contributed by atoms with Crippen LogP contribution in [0.25, 0.3) is 0 Å². The fraction of sp³-hybridized carbons (Fsp3) is 0.333. The number of hydrogen-bond donors (Lipinski definition) is 3. The number of para-hydroxylation sites is 1. The molecule has 0 fully saturated rings. The van der Waals surface area contributed by atoms with Crippen molar-refractivity contribution in [3.63, 3.8) is 0 Å². The summed E-state index contributed by atoms with van der Waals surface area (Å²) in [4.78, 5) is 23.3. The van der Waals surface area contributed by atoms with E-state index in [0.717, 1.165) is 0 Å². The molecule has 6 heteroatoms. The molecule has 0 aliphatic carbocycles. The zero-order valence-electron chi connectivity index (χ0n) is 9.71. The van der Waals surface area contributed by atoms with E-state index in [1.807, 2.05) is 0 Å². The molecule has 1 amide bonds. The summed E-state index contributed by atoms with van der Waals surface area (Å²) in [5.74, 6) is -1.88. The second kappa shape index (κ2) is 4.40. The number of hydrogen-bond acceptors (Lipinski definition) is 5. The Morgan fingerprint density at radius 1 is 1.50 bits per heavy atom. The van der Waals surface area contributed by atoms with E-state index < -0.39 is 23.6 Å². The van der Waals surface area contributed by atoms with Gasteiger partial charge >= 0.3 is 5.97 Å². The molecule has 1 heterocycles. The zero-order chi connectivity index (χ0) is 13.3. The molecule has 0 saturated carbocycles. The van der Waals surface area contributed by atoms with Crippen LogP contribution < -0.4 is 5.32 Å². The highest BCUT2D eigenvalue weighted by atomic mass is 16.5. The van der Waals surface area contributed by atoms with Crippen LogP contribution in [0, 0.1) is 0 Å². The maximum Gasteiger partial charge on any atom is 0.338 e. The summed E-state index contributed by atoms with van der Waals surface area (Å²) in [6.45, 7) is 1.62. The van der Waals surface area contributed by atoms with Crippen LogP contribution in [0.2, 0.25) is 0 Å². The molecule has 0 bridgehead atoms. The molecule has 3 N–H and O–H groups in total. The minimum Gasteiger partial charge on any atom is -0.464 e. The molecule has 18 heavy (non-hydrogen) atoms. The SMILES string of the molecule is CCOC(=O)[C@@H](O)[C@]1(O)C(=O)Nc2ccccc21. The van der Waals surface area contributed by atoms with E-state index in [-0.39, 0.29) is 12.2 Å². The van der Waals surface area contributed by atoms with Crippen molar-refractivity contribution in [1.29, 1.82) is 0 Å².